The van der Waals surface area contributed by atoms with Gasteiger partial charge in [-0.1, -0.05) is 41.4 Å². The van der Waals surface area contributed by atoms with Gasteiger partial charge in [-0.25, -0.2) is 0 Å². The van der Waals surface area contributed by atoms with E-state index < -0.39 is 6.10 Å². The van der Waals surface area contributed by atoms with Crippen molar-refractivity contribution in [3.63, 3.8) is 0 Å². The minimum atomic E-state index is -0.509. The van der Waals surface area contributed by atoms with E-state index in [1.807, 2.05) is 12.1 Å². The Morgan fingerprint density at radius 2 is 2.05 bits per heavy atom. The number of aliphatic hydroxyl groups excluding tert-OH is 1. The summed E-state index contributed by atoms with van der Waals surface area (Å²) in [4.78, 5) is 2.18. The molecule has 1 aromatic rings. The van der Waals surface area contributed by atoms with E-state index in [-0.39, 0.29) is 0 Å². The molecule has 1 aliphatic rings. The van der Waals surface area contributed by atoms with Crippen LogP contribution in [-0.2, 0) is 4.74 Å². The van der Waals surface area contributed by atoms with Gasteiger partial charge in [0.25, 0.3) is 0 Å². The van der Waals surface area contributed by atoms with Crippen molar-refractivity contribution in [2.75, 3.05) is 32.8 Å². The number of nitrogens with zero attached hydrogens (tertiary/aromatic N) is 1. The van der Waals surface area contributed by atoms with Crippen molar-refractivity contribution < 1.29 is 9.84 Å². The molecule has 1 aliphatic heterocycles. The molecule has 19 heavy (non-hydrogen) atoms. The molecule has 1 unspecified atom stereocenters. The molecular weight excluding hydrogens is 285 g/mol. The Hall–Kier alpha value is -0.580. The minimum Gasteiger partial charge on any atom is -0.388 e. The van der Waals surface area contributed by atoms with E-state index >= 15 is 0 Å². The maximum absolute atomic E-state index is 9.97. The summed E-state index contributed by atoms with van der Waals surface area (Å²) in [6.45, 7) is 3.82. The largest absolute Gasteiger partial charge is 0.388 e. The van der Waals surface area contributed by atoms with Gasteiger partial charge < -0.3 is 9.84 Å². The van der Waals surface area contributed by atoms with Crippen LogP contribution in [0.25, 0.3) is 6.08 Å². The first-order valence-electron chi connectivity index (χ1n) is 6.26. The van der Waals surface area contributed by atoms with Crippen LogP contribution in [0.1, 0.15) is 5.56 Å². The summed E-state index contributed by atoms with van der Waals surface area (Å²) in [5.74, 6) is 0. The van der Waals surface area contributed by atoms with Gasteiger partial charge in [-0.15, -0.1) is 0 Å². The van der Waals surface area contributed by atoms with Crippen molar-refractivity contribution in [1.82, 2.24) is 4.90 Å². The molecule has 3 nitrogen and oxygen atoms in total. The fraction of sp³-hybridized carbons (Fsp3) is 0.429. The highest BCUT2D eigenvalue weighted by atomic mass is 35.5. The Morgan fingerprint density at radius 1 is 1.32 bits per heavy atom. The second kappa shape index (κ2) is 7.27. The van der Waals surface area contributed by atoms with Gasteiger partial charge in [0.15, 0.2) is 0 Å². The van der Waals surface area contributed by atoms with Crippen LogP contribution in [0.5, 0.6) is 0 Å². The second-order valence-electron chi connectivity index (χ2n) is 4.51. The number of aliphatic hydroxyl groups is 1. The summed E-state index contributed by atoms with van der Waals surface area (Å²) in [6, 6.07) is 5.31. The molecule has 0 aliphatic carbocycles. The first-order valence-corrected chi connectivity index (χ1v) is 7.02. The summed E-state index contributed by atoms with van der Waals surface area (Å²) in [5, 5.41) is 11.2. The molecule has 0 amide bonds. The van der Waals surface area contributed by atoms with Crippen LogP contribution in [0.4, 0.5) is 0 Å². The summed E-state index contributed by atoms with van der Waals surface area (Å²) in [6.07, 6.45) is 3.07. The first-order chi connectivity index (χ1) is 9.15. The van der Waals surface area contributed by atoms with E-state index in [4.69, 9.17) is 27.9 Å². The van der Waals surface area contributed by atoms with Crippen LogP contribution >= 0.6 is 23.2 Å². The normalized spacial score (nSPS) is 18.9. The molecule has 0 radical (unpaired) electrons. The van der Waals surface area contributed by atoms with Crippen LogP contribution in [0.2, 0.25) is 10.0 Å². The van der Waals surface area contributed by atoms with Crippen molar-refractivity contribution >= 4 is 29.3 Å². The Morgan fingerprint density at radius 3 is 2.74 bits per heavy atom. The first kappa shape index (κ1) is 14.8. The molecule has 104 valence electrons. The Kier molecular flexibility index (Phi) is 5.67. The van der Waals surface area contributed by atoms with Gasteiger partial charge in [0.2, 0.25) is 0 Å². The fourth-order valence-corrected chi connectivity index (χ4v) is 2.43. The average Bonchev–Trinajstić information content (AvgIpc) is 2.39. The van der Waals surface area contributed by atoms with E-state index in [1.165, 1.54) is 0 Å². The maximum Gasteiger partial charge on any atom is 0.0851 e. The zero-order valence-electron chi connectivity index (χ0n) is 10.6. The van der Waals surface area contributed by atoms with Gasteiger partial charge in [0.1, 0.15) is 0 Å². The zero-order chi connectivity index (χ0) is 13.7. The smallest absolute Gasteiger partial charge is 0.0851 e. The lowest BCUT2D eigenvalue weighted by Crippen LogP contribution is -2.40. The van der Waals surface area contributed by atoms with E-state index in [0.29, 0.717) is 16.6 Å². The Labute approximate surface area is 123 Å². The van der Waals surface area contributed by atoms with Gasteiger partial charge >= 0.3 is 0 Å². The lowest BCUT2D eigenvalue weighted by Gasteiger charge is -2.27. The molecule has 1 heterocycles. The molecule has 0 spiro atoms. The van der Waals surface area contributed by atoms with Crippen molar-refractivity contribution in [2.45, 2.75) is 6.10 Å². The second-order valence-corrected chi connectivity index (χ2v) is 5.35. The summed E-state index contributed by atoms with van der Waals surface area (Å²) >= 11 is 11.9. The van der Waals surface area contributed by atoms with E-state index in [1.54, 1.807) is 18.2 Å². The molecule has 1 atom stereocenters. The monoisotopic (exact) mass is 301 g/mol. The number of benzene rings is 1. The zero-order valence-corrected chi connectivity index (χ0v) is 12.1. The molecule has 0 bridgehead atoms. The van der Waals surface area contributed by atoms with Crippen LogP contribution in [0.15, 0.2) is 24.3 Å². The van der Waals surface area contributed by atoms with Crippen LogP contribution < -0.4 is 0 Å². The van der Waals surface area contributed by atoms with E-state index in [2.05, 4.69) is 4.90 Å². The van der Waals surface area contributed by atoms with Gasteiger partial charge in [-0.05, 0) is 17.7 Å². The molecule has 0 saturated carbocycles. The quantitative estimate of drug-likeness (QED) is 0.928. The summed E-state index contributed by atoms with van der Waals surface area (Å²) < 4.78 is 5.27. The molecule has 1 fully saturated rings. The summed E-state index contributed by atoms with van der Waals surface area (Å²) in [7, 11) is 0. The number of rotatable bonds is 4. The number of morpholine rings is 1. The molecule has 1 aromatic carbocycles. The van der Waals surface area contributed by atoms with Crippen molar-refractivity contribution in [3.05, 3.63) is 39.9 Å². The molecular formula is C14H17Cl2NO2. The minimum absolute atomic E-state index is 0.509. The fourth-order valence-electron chi connectivity index (χ4n) is 1.96. The number of β-amino-alcohol motifs (C(OH)–C–C–N with tert-alkyl or cyclic N) is 1. The molecule has 1 N–H and O–H groups in total. The third kappa shape index (κ3) is 4.79. The van der Waals surface area contributed by atoms with Crippen molar-refractivity contribution in [2.24, 2.45) is 0 Å². The summed E-state index contributed by atoms with van der Waals surface area (Å²) in [5.41, 5.74) is 0.854. The molecule has 1 saturated heterocycles. The lowest BCUT2D eigenvalue weighted by molar-refractivity contribution is 0.0223. The van der Waals surface area contributed by atoms with Gasteiger partial charge in [0, 0.05) is 29.7 Å². The molecule has 0 aromatic heterocycles. The topological polar surface area (TPSA) is 32.7 Å². The predicted molar refractivity (Wildman–Crippen MR) is 78.8 cm³/mol. The lowest BCUT2D eigenvalue weighted by atomic mass is 10.2. The number of hydrogen-bond donors (Lipinski definition) is 1. The highest BCUT2D eigenvalue weighted by molar-refractivity contribution is 6.35. The number of halogens is 2. The Balaban J connectivity index is 1.89. The average molecular weight is 302 g/mol. The SMILES string of the molecule is OC(/C=C\c1ccc(Cl)cc1Cl)CN1CCOCC1. The molecule has 2 rings (SSSR count). The highest BCUT2D eigenvalue weighted by Gasteiger charge is 2.12. The van der Waals surface area contributed by atoms with Gasteiger partial charge in [-0.3, -0.25) is 4.90 Å². The number of hydrogen-bond acceptors (Lipinski definition) is 3. The number of ether oxygens (including phenoxy) is 1. The van der Waals surface area contributed by atoms with Gasteiger partial charge in [-0.2, -0.15) is 0 Å². The third-order valence-corrected chi connectivity index (χ3v) is 3.57. The molecule has 5 heteroatoms. The van der Waals surface area contributed by atoms with Crippen LogP contribution in [-0.4, -0.2) is 49.0 Å². The van der Waals surface area contributed by atoms with Crippen LogP contribution in [0, 0.1) is 0 Å². The van der Waals surface area contributed by atoms with E-state index in [0.717, 1.165) is 31.9 Å². The van der Waals surface area contributed by atoms with Crippen molar-refractivity contribution in [3.8, 4) is 0 Å². The predicted octanol–water partition coefficient (Wildman–Crippen LogP) is 2.70. The van der Waals surface area contributed by atoms with Crippen LogP contribution in [0.3, 0.4) is 0 Å². The van der Waals surface area contributed by atoms with E-state index in [9.17, 15) is 5.11 Å². The van der Waals surface area contributed by atoms with Gasteiger partial charge in [0.05, 0.1) is 19.3 Å². The third-order valence-electron chi connectivity index (χ3n) is 3.01. The Bertz CT molecular complexity index is 445. The van der Waals surface area contributed by atoms with Crippen molar-refractivity contribution in [1.29, 1.82) is 0 Å². The standard InChI is InChI=1S/C14H17Cl2NO2/c15-12-3-1-11(14(16)9-12)2-4-13(18)10-17-5-7-19-8-6-17/h1-4,9,13,18H,5-8,10H2/b4-2-. The maximum atomic E-state index is 9.97. The highest BCUT2D eigenvalue weighted by Crippen LogP contribution is 2.22.